The third-order valence-corrected chi connectivity index (χ3v) is 2.66. The predicted octanol–water partition coefficient (Wildman–Crippen LogP) is 3.80. The van der Waals surface area contributed by atoms with Crippen LogP contribution in [0.5, 0.6) is 5.75 Å². The first-order valence-corrected chi connectivity index (χ1v) is 6.64. The molecule has 0 fully saturated rings. The summed E-state index contributed by atoms with van der Waals surface area (Å²) in [5.74, 6) is -0.135. The Morgan fingerprint density at radius 1 is 1.22 bits per heavy atom. The van der Waals surface area contributed by atoms with Gasteiger partial charge < -0.3 is 15.8 Å². The fourth-order valence-corrected chi connectivity index (χ4v) is 1.64. The minimum Gasteiger partial charge on any atom is -0.490 e. The van der Waals surface area contributed by atoms with Crippen molar-refractivity contribution in [1.82, 2.24) is 0 Å². The topological polar surface area (TPSA) is 47.3 Å². The van der Waals surface area contributed by atoms with Crippen LogP contribution in [0.4, 0.5) is 15.8 Å². The van der Waals surface area contributed by atoms with Gasteiger partial charge >= 0.3 is 0 Å². The molecule has 0 unspecified atom stereocenters. The van der Waals surface area contributed by atoms with Crippen LogP contribution in [-0.4, -0.2) is 13.2 Å². The molecular weight excluding hydrogens is 231 g/mol. The fourth-order valence-electron chi connectivity index (χ4n) is 1.64. The Morgan fingerprint density at radius 3 is 2.67 bits per heavy atom. The molecule has 1 aromatic carbocycles. The van der Waals surface area contributed by atoms with Crippen molar-refractivity contribution in [1.29, 1.82) is 0 Å². The molecule has 0 aromatic heterocycles. The first-order chi connectivity index (χ1) is 8.69. The van der Waals surface area contributed by atoms with Crippen LogP contribution in [0.2, 0.25) is 0 Å². The number of hydrogen-bond acceptors (Lipinski definition) is 3. The molecular formula is C14H23FN2O. The van der Waals surface area contributed by atoms with E-state index in [2.05, 4.69) is 12.2 Å². The summed E-state index contributed by atoms with van der Waals surface area (Å²) in [6.07, 6.45) is 4.28. The number of rotatable bonds is 8. The molecule has 0 aliphatic rings. The molecule has 4 heteroatoms. The maximum Gasteiger partial charge on any atom is 0.167 e. The molecule has 0 saturated heterocycles. The Balaban J connectivity index is 2.65. The van der Waals surface area contributed by atoms with E-state index < -0.39 is 5.82 Å². The van der Waals surface area contributed by atoms with E-state index in [-0.39, 0.29) is 5.75 Å². The molecule has 1 aromatic rings. The number of hydrogen-bond donors (Lipinski definition) is 2. The Bertz CT molecular complexity index is 369. The van der Waals surface area contributed by atoms with E-state index in [1.165, 1.54) is 18.9 Å². The quantitative estimate of drug-likeness (QED) is 0.548. The second-order valence-corrected chi connectivity index (χ2v) is 4.35. The van der Waals surface area contributed by atoms with E-state index in [9.17, 15) is 4.39 Å². The Hall–Kier alpha value is -1.45. The third-order valence-electron chi connectivity index (χ3n) is 2.66. The van der Waals surface area contributed by atoms with Gasteiger partial charge in [-0.2, -0.15) is 0 Å². The monoisotopic (exact) mass is 254 g/mol. The minimum absolute atomic E-state index is 0.268. The van der Waals surface area contributed by atoms with Crippen LogP contribution in [0.25, 0.3) is 0 Å². The number of halogens is 1. The van der Waals surface area contributed by atoms with E-state index in [4.69, 9.17) is 10.5 Å². The maximum absolute atomic E-state index is 13.6. The number of benzene rings is 1. The van der Waals surface area contributed by atoms with Crippen LogP contribution in [0.1, 0.15) is 39.5 Å². The SMILES string of the molecule is CCCCCNc1cc(OCCC)c(F)cc1N. The van der Waals surface area contributed by atoms with Gasteiger partial charge in [-0.1, -0.05) is 26.7 Å². The second-order valence-electron chi connectivity index (χ2n) is 4.35. The van der Waals surface area contributed by atoms with E-state index in [1.807, 2.05) is 6.92 Å². The molecule has 0 aliphatic heterocycles. The first kappa shape index (κ1) is 14.6. The normalized spacial score (nSPS) is 10.4. The van der Waals surface area contributed by atoms with Crippen molar-refractivity contribution in [2.75, 3.05) is 24.2 Å². The summed E-state index contributed by atoms with van der Waals surface area (Å²) in [6.45, 7) is 5.50. The van der Waals surface area contributed by atoms with Gasteiger partial charge in [0.15, 0.2) is 11.6 Å². The molecule has 102 valence electrons. The highest BCUT2D eigenvalue weighted by atomic mass is 19.1. The van der Waals surface area contributed by atoms with E-state index >= 15 is 0 Å². The maximum atomic E-state index is 13.6. The van der Waals surface area contributed by atoms with E-state index in [0.29, 0.717) is 12.3 Å². The fraction of sp³-hybridized carbons (Fsp3) is 0.571. The lowest BCUT2D eigenvalue weighted by Crippen LogP contribution is -2.06. The molecule has 0 saturated carbocycles. The molecule has 0 spiro atoms. The zero-order chi connectivity index (χ0) is 13.4. The van der Waals surface area contributed by atoms with Gasteiger partial charge in [-0.3, -0.25) is 0 Å². The van der Waals surface area contributed by atoms with Crippen LogP contribution < -0.4 is 15.8 Å². The molecule has 0 heterocycles. The van der Waals surface area contributed by atoms with Crippen LogP contribution in [-0.2, 0) is 0 Å². The van der Waals surface area contributed by atoms with E-state index in [0.717, 1.165) is 25.1 Å². The summed E-state index contributed by atoms with van der Waals surface area (Å²) in [6, 6.07) is 2.96. The molecule has 0 atom stereocenters. The van der Waals surface area contributed by atoms with Gasteiger partial charge in [-0.05, 0) is 12.8 Å². The number of anilines is 2. The smallest absolute Gasteiger partial charge is 0.167 e. The van der Waals surface area contributed by atoms with Crippen LogP contribution in [0.15, 0.2) is 12.1 Å². The molecule has 18 heavy (non-hydrogen) atoms. The number of nitrogen functional groups attached to an aromatic ring is 1. The highest BCUT2D eigenvalue weighted by molar-refractivity contribution is 5.68. The van der Waals surface area contributed by atoms with Crippen LogP contribution in [0.3, 0.4) is 0 Å². The van der Waals surface area contributed by atoms with Crippen LogP contribution in [0, 0.1) is 5.82 Å². The molecule has 3 nitrogen and oxygen atoms in total. The van der Waals surface area contributed by atoms with Crippen molar-refractivity contribution in [3.63, 3.8) is 0 Å². The summed E-state index contributed by atoms with van der Waals surface area (Å²) in [7, 11) is 0. The lowest BCUT2D eigenvalue weighted by atomic mass is 10.2. The number of nitrogens with one attached hydrogen (secondary N) is 1. The van der Waals surface area contributed by atoms with Gasteiger partial charge in [-0.15, -0.1) is 0 Å². The number of ether oxygens (including phenoxy) is 1. The van der Waals surface area contributed by atoms with Gasteiger partial charge in [0.05, 0.1) is 18.0 Å². The average Bonchev–Trinajstić information content (AvgIpc) is 2.35. The van der Waals surface area contributed by atoms with Crippen molar-refractivity contribution >= 4 is 11.4 Å². The summed E-state index contributed by atoms with van der Waals surface area (Å²) >= 11 is 0. The van der Waals surface area contributed by atoms with Gasteiger partial charge in [0.2, 0.25) is 0 Å². The molecule has 3 N–H and O–H groups in total. The molecule has 0 aliphatic carbocycles. The van der Waals surface area contributed by atoms with Gasteiger partial charge in [-0.25, -0.2) is 4.39 Å². The lowest BCUT2D eigenvalue weighted by Gasteiger charge is -2.12. The van der Waals surface area contributed by atoms with Crippen molar-refractivity contribution in [3.8, 4) is 5.75 Å². The summed E-state index contributed by atoms with van der Waals surface area (Å²) in [5.41, 5.74) is 6.95. The Morgan fingerprint density at radius 2 is 2.00 bits per heavy atom. The van der Waals surface area contributed by atoms with Crippen LogP contribution >= 0.6 is 0 Å². The van der Waals surface area contributed by atoms with Crippen molar-refractivity contribution in [2.45, 2.75) is 39.5 Å². The molecule has 0 radical (unpaired) electrons. The molecule has 1 rings (SSSR count). The lowest BCUT2D eigenvalue weighted by molar-refractivity contribution is 0.301. The van der Waals surface area contributed by atoms with Gasteiger partial charge in [0.1, 0.15) is 0 Å². The van der Waals surface area contributed by atoms with Crippen molar-refractivity contribution in [2.24, 2.45) is 0 Å². The van der Waals surface area contributed by atoms with Crippen molar-refractivity contribution < 1.29 is 9.13 Å². The van der Waals surface area contributed by atoms with Gasteiger partial charge in [0, 0.05) is 18.7 Å². The second kappa shape index (κ2) is 7.80. The number of unbranched alkanes of at least 4 members (excludes halogenated alkanes) is 2. The highest BCUT2D eigenvalue weighted by Crippen LogP contribution is 2.28. The summed E-state index contributed by atoms with van der Waals surface area (Å²) < 4.78 is 18.9. The Kier molecular flexibility index (Phi) is 6.33. The zero-order valence-corrected chi connectivity index (χ0v) is 11.3. The van der Waals surface area contributed by atoms with Gasteiger partial charge in [0.25, 0.3) is 0 Å². The minimum atomic E-state index is -0.403. The first-order valence-electron chi connectivity index (χ1n) is 6.64. The Labute approximate surface area is 109 Å². The largest absolute Gasteiger partial charge is 0.490 e. The highest BCUT2D eigenvalue weighted by Gasteiger charge is 2.08. The standard InChI is InChI=1S/C14H23FN2O/c1-3-5-6-7-17-13-10-14(18-8-4-2)11(15)9-12(13)16/h9-10,17H,3-8,16H2,1-2H3. The summed E-state index contributed by atoms with van der Waals surface area (Å²) in [5, 5.41) is 3.22. The van der Waals surface area contributed by atoms with E-state index in [1.54, 1.807) is 6.07 Å². The zero-order valence-electron chi connectivity index (χ0n) is 11.3. The van der Waals surface area contributed by atoms with Crippen molar-refractivity contribution in [3.05, 3.63) is 17.9 Å². The summed E-state index contributed by atoms with van der Waals surface area (Å²) in [4.78, 5) is 0. The molecule has 0 amide bonds. The predicted molar refractivity (Wildman–Crippen MR) is 74.6 cm³/mol. The average molecular weight is 254 g/mol. The molecule has 0 bridgehead atoms. The number of nitrogens with two attached hydrogens (primary N) is 1. The third kappa shape index (κ3) is 4.43.